The molecule has 1 heterocycles. The number of H-pyrrole nitrogens is 1. The third-order valence-electron chi connectivity index (χ3n) is 4.04. The van der Waals surface area contributed by atoms with Gasteiger partial charge in [-0.05, 0) is 42.9 Å². The molecule has 1 atom stereocenters. The zero-order chi connectivity index (χ0) is 16.9. The number of aromatic nitrogens is 1. The summed E-state index contributed by atoms with van der Waals surface area (Å²) in [6.07, 6.45) is 2.78. The minimum absolute atomic E-state index is 0.135. The second-order valence-corrected chi connectivity index (χ2v) is 6.13. The summed E-state index contributed by atoms with van der Waals surface area (Å²) in [4.78, 5) is 26.8. The van der Waals surface area contributed by atoms with Crippen LogP contribution >= 0.6 is 0 Å². The second-order valence-electron chi connectivity index (χ2n) is 6.13. The first-order chi connectivity index (χ1) is 11.6. The van der Waals surface area contributed by atoms with Gasteiger partial charge >= 0.3 is 6.09 Å². The average molecular weight is 327 g/mol. The summed E-state index contributed by atoms with van der Waals surface area (Å²) in [6, 6.07) is 12.1. The molecule has 1 saturated carbocycles. The zero-order valence-electron chi connectivity index (χ0n) is 13.3. The number of carbonyl (C=O) groups excluding carboxylic acids is 2. The van der Waals surface area contributed by atoms with Crippen LogP contribution in [-0.2, 0) is 22.6 Å². The summed E-state index contributed by atoms with van der Waals surface area (Å²) in [6.45, 7) is 0.135. The van der Waals surface area contributed by atoms with Crippen LogP contribution in [0.2, 0.25) is 0 Å². The molecule has 1 aliphatic rings. The number of aromatic amines is 1. The Kier molecular flexibility index (Phi) is 4.84. The van der Waals surface area contributed by atoms with E-state index >= 15 is 0 Å². The van der Waals surface area contributed by atoms with Gasteiger partial charge in [-0.2, -0.15) is 0 Å². The van der Waals surface area contributed by atoms with Crippen molar-refractivity contribution in [2.24, 2.45) is 11.7 Å². The molecule has 24 heavy (non-hydrogen) atoms. The van der Waals surface area contributed by atoms with Gasteiger partial charge in [0.1, 0.15) is 6.61 Å². The first-order valence-electron chi connectivity index (χ1n) is 8.06. The molecule has 2 amide bonds. The topological polar surface area (TPSA) is 97.2 Å². The van der Waals surface area contributed by atoms with Gasteiger partial charge in [-0.3, -0.25) is 4.79 Å². The Morgan fingerprint density at radius 2 is 1.96 bits per heavy atom. The molecule has 2 aromatic rings. The fraction of sp³-hybridized carbons (Fsp3) is 0.333. The van der Waals surface area contributed by atoms with E-state index in [9.17, 15) is 9.59 Å². The molecule has 1 aliphatic carbocycles. The van der Waals surface area contributed by atoms with E-state index in [1.54, 1.807) is 6.07 Å². The number of amides is 2. The number of benzene rings is 1. The maximum atomic E-state index is 11.9. The minimum Gasteiger partial charge on any atom is -0.445 e. The van der Waals surface area contributed by atoms with Crippen molar-refractivity contribution in [2.75, 3.05) is 0 Å². The van der Waals surface area contributed by atoms with Crippen molar-refractivity contribution in [3.05, 3.63) is 59.4 Å². The van der Waals surface area contributed by atoms with E-state index in [2.05, 4.69) is 10.3 Å². The maximum absolute atomic E-state index is 11.9. The fourth-order valence-corrected chi connectivity index (χ4v) is 2.56. The largest absolute Gasteiger partial charge is 0.445 e. The molecule has 1 unspecified atom stereocenters. The highest BCUT2D eigenvalue weighted by Crippen LogP contribution is 2.32. The van der Waals surface area contributed by atoms with E-state index in [-0.39, 0.29) is 6.61 Å². The molecule has 1 aromatic heterocycles. The molecule has 6 nitrogen and oxygen atoms in total. The third-order valence-corrected chi connectivity index (χ3v) is 4.04. The number of alkyl carbamates (subject to hydrolysis) is 1. The van der Waals surface area contributed by atoms with Gasteiger partial charge < -0.3 is 20.8 Å². The third kappa shape index (κ3) is 4.38. The van der Waals surface area contributed by atoms with Crippen LogP contribution in [0.15, 0.2) is 42.5 Å². The molecule has 4 N–H and O–H groups in total. The molecule has 1 fully saturated rings. The van der Waals surface area contributed by atoms with Crippen molar-refractivity contribution in [3.8, 4) is 0 Å². The quantitative estimate of drug-likeness (QED) is 0.728. The number of hydrogen-bond donors (Lipinski definition) is 3. The number of hydrogen-bond acceptors (Lipinski definition) is 3. The van der Waals surface area contributed by atoms with Crippen molar-refractivity contribution < 1.29 is 14.3 Å². The van der Waals surface area contributed by atoms with Crippen LogP contribution in [0.4, 0.5) is 4.79 Å². The van der Waals surface area contributed by atoms with E-state index in [0.29, 0.717) is 5.69 Å². The van der Waals surface area contributed by atoms with Crippen LogP contribution in [0.3, 0.4) is 0 Å². The lowest BCUT2D eigenvalue weighted by molar-refractivity contribution is -0.120. The van der Waals surface area contributed by atoms with Crippen molar-refractivity contribution in [1.82, 2.24) is 10.3 Å². The zero-order valence-corrected chi connectivity index (χ0v) is 13.3. The second kappa shape index (κ2) is 7.21. The molecule has 0 aliphatic heterocycles. The van der Waals surface area contributed by atoms with Gasteiger partial charge in [0.05, 0.1) is 0 Å². The van der Waals surface area contributed by atoms with Crippen LogP contribution < -0.4 is 11.1 Å². The lowest BCUT2D eigenvalue weighted by Gasteiger charge is -2.14. The monoisotopic (exact) mass is 327 g/mol. The summed E-state index contributed by atoms with van der Waals surface area (Å²) >= 11 is 0. The van der Waals surface area contributed by atoms with Gasteiger partial charge in [-0.15, -0.1) is 0 Å². The Morgan fingerprint density at radius 1 is 1.21 bits per heavy atom. The van der Waals surface area contributed by atoms with Gasteiger partial charge in [-0.25, -0.2) is 4.79 Å². The van der Waals surface area contributed by atoms with Crippen molar-refractivity contribution >= 4 is 12.0 Å². The lowest BCUT2D eigenvalue weighted by Crippen LogP contribution is -2.38. The molecule has 0 bridgehead atoms. The first-order valence-corrected chi connectivity index (χ1v) is 8.06. The van der Waals surface area contributed by atoms with E-state index in [0.717, 1.165) is 23.6 Å². The molecular weight excluding hydrogens is 306 g/mol. The van der Waals surface area contributed by atoms with Gasteiger partial charge in [0.25, 0.3) is 0 Å². The molecule has 6 heteroatoms. The van der Waals surface area contributed by atoms with E-state index in [1.165, 1.54) is 12.8 Å². The normalized spacial score (nSPS) is 14.8. The van der Waals surface area contributed by atoms with E-state index in [4.69, 9.17) is 10.5 Å². The Labute approximate surface area is 140 Å². The molecular formula is C18H21N3O3. The van der Waals surface area contributed by atoms with Crippen LogP contribution in [0.5, 0.6) is 0 Å². The fourth-order valence-electron chi connectivity index (χ4n) is 2.56. The highest BCUT2D eigenvalue weighted by Gasteiger charge is 2.25. The predicted octanol–water partition coefficient (Wildman–Crippen LogP) is 2.42. The van der Waals surface area contributed by atoms with Crippen LogP contribution in [-0.4, -0.2) is 17.0 Å². The number of nitrogens with two attached hydrogens (primary N) is 1. The molecule has 0 saturated heterocycles. The minimum atomic E-state index is -0.929. The lowest BCUT2D eigenvalue weighted by atomic mass is 10.2. The van der Waals surface area contributed by atoms with Crippen LogP contribution in [0.1, 0.15) is 35.8 Å². The molecule has 126 valence electrons. The van der Waals surface area contributed by atoms with Crippen molar-refractivity contribution in [2.45, 2.75) is 31.9 Å². The Hall–Kier alpha value is -2.76. The summed E-state index contributed by atoms with van der Waals surface area (Å²) < 4.78 is 5.14. The standard InChI is InChI=1S/C18H21N3O3/c19-17(22)16(15-9-8-14(20-15)10-12-6-7-12)21-18(23)24-11-13-4-2-1-3-5-13/h1-5,8-9,12,16,20H,6-7,10-11H2,(H2,19,22)(H,21,23). The Bertz CT molecular complexity index is 707. The molecule has 1 aromatic carbocycles. The Morgan fingerprint density at radius 3 is 2.62 bits per heavy atom. The molecule has 0 spiro atoms. The SMILES string of the molecule is NC(=O)C(NC(=O)OCc1ccccc1)c1ccc(CC2CC2)[nH]1. The van der Waals surface area contributed by atoms with Crippen molar-refractivity contribution in [1.29, 1.82) is 0 Å². The van der Waals surface area contributed by atoms with Gasteiger partial charge in [-0.1, -0.05) is 30.3 Å². The summed E-state index contributed by atoms with van der Waals surface area (Å²) in [5.74, 6) is 0.0961. The van der Waals surface area contributed by atoms with Crippen molar-refractivity contribution in [3.63, 3.8) is 0 Å². The molecule has 3 rings (SSSR count). The smallest absolute Gasteiger partial charge is 0.408 e. The Balaban J connectivity index is 1.57. The summed E-state index contributed by atoms with van der Waals surface area (Å²) in [7, 11) is 0. The first kappa shape index (κ1) is 16.1. The summed E-state index contributed by atoms with van der Waals surface area (Å²) in [5, 5.41) is 2.52. The van der Waals surface area contributed by atoms with Crippen LogP contribution in [0, 0.1) is 5.92 Å². The van der Waals surface area contributed by atoms with Gasteiger partial charge in [0, 0.05) is 11.4 Å². The average Bonchev–Trinajstić information content (AvgIpc) is 3.27. The number of nitrogens with one attached hydrogen (secondary N) is 2. The molecule has 0 radical (unpaired) electrons. The van der Waals surface area contributed by atoms with Crippen LogP contribution in [0.25, 0.3) is 0 Å². The number of rotatable bonds is 7. The van der Waals surface area contributed by atoms with E-state index in [1.807, 2.05) is 36.4 Å². The van der Waals surface area contributed by atoms with Gasteiger partial charge in [0.15, 0.2) is 6.04 Å². The van der Waals surface area contributed by atoms with Gasteiger partial charge in [0.2, 0.25) is 5.91 Å². The summed E-state index contributed by atoms with van der Waals surface area (Å²) in [5.41, 5.74) is 7.92. The predicted molar refractivity (Wildman–Crippen MR) is 88.9 cm³/mol. The highest BCUT2D eigenvalue weighted by molar-refractivity contribution is 5.85. The number of primary amides is 1. The maximum Gasteiger partial charge on any atom is 0.408 e. The highest BCUT2D eigenvalue weighted by atomic mass is 16.5. The number of carbonyl (C=O) groups is 2. The van der Waals surface area contributed by atoms with E-state index < -0.39 is 18.0 Å². The number of ether oxygens (including phenoxy) is 1.